The van der Waals surface area contributed by atoms with Gasteiger partial charge in [0.2, 0.25) is 0 Å². The van der Waals surface area contributed by atoms with Crippen LogP contribution in [0.1, 0.15) is 10.5 Å². The van der Waals surface area contributed by atoms with Crippen LogP contribution in [0.15, 0.2) is 41.0 Å². The highest BCUT2D eigenvalue weighted by molar-refractivity contribution is 14.1. The second kappa shape index (κ2) is 5.75. The van der Waals surface area contributed by atoms with Gasteiger partial charge in [0.1, 0.15) is 11.5 Å². The van der Waals surface area contributed by atoms with Gasteiger partial charge in [-0.25, -0.2) is 9.37 Å². The maximum atomic E-state index is 13.3. The lowest BCUT2D eigenvalue weighted by Crippen LogP contribution is -2.14. The van der Waals surface area contributed by atoms with Crippen molar-refractivity contribution >= 4 is 50.1 Å². The first-order chi connectivity index (χ1) is 8.58. The Balaban J connectivity index is 2.21. The van der Waals surface area contributed by atoms with E-state index in [4.69, 9.17) is 0 Å². The molecule has 1 N–H and O–H groups in total. The molecule has 1 aromatic heterocycles. The number of benzene rings is 1. The van der Waals surface area contributed by atoms with Gasteiger partial charge < -0.3 is 5.32 Å². The number of amides is 1. The topological polar surface area (TPSA) is 42.0 Å². The molecule has 2 rings (SSSR count). The van der Waals surface area contributed by atoms with Gasteiger partial charge in [0.15, 0.2) is 0 Å². The van der Waals surface area contributed by atoms with E-state index < -0.39 is 0 Å². The molecule has 0 atom stereocenters. The minimum Gasteiger partial charge on any atom is -0.320 e. The van der Waals surface area contributed by atoms with Crippen molar-refractivity contribution in [3.63, 3.8) is 0 Å². The van der Waals surface area contributed by atoms with Crippen LogP contribution < -0.4 is 5.32 Å². The summed E-state index contributed by atoms with van der Waals surface area (Å²) in [6.45, 7) is 0. The van der Waals surface area contributed by atoms with Gasteiger partial charge in [0.25, 0.3) is 5.91 Å². The molecule has 1 amide bonds. The molecule has 2 aromatic rings. The molecule has 0 bridgehead atoms. The molecular formula is C12H7BrFIN2O. The molecule has 0 aliphatic rings. The van der Waals surface area contributed by atoms with E-state index in [0.29, 0.717) is 9.26 Å². The number of carbonyl (C=O) groups excluding carboxylic acids is 1. The molecule has 0 aliphatic heterocycles. The molecule has 1 aromatic carbocycles. The zero-order valence-corrected chi connectivity index (χ0v) is 12.7. The third kappa shape index (κ3) is 3.05. The summed E-state index contributed by atoms with van der Waals surface area (Å²) in [6.07, 6.45) is 1.53. The van der Waals surface area contributed by atoms with E-state index in [2.05, 4.69) is 26.2 Å². The molecule has 0 saturated heterocycles. The first-order valence-corrected chi connectivity index (χ1v) is 6.82. The second-order valence-corrected chi connectivity index (χ2v) is 5.41. The number of rotatable bonds is 2. The standard InChI is InChI=1S/C12H7BrFIN2O/c13-7-4-5-10(16-6-7)12(18)17-9-3-1-2-8(14)11(9)15/h1-6H,(H,17,18). The average Bonchev–Trinajstić information content (AvgIpc) is 2.36. The summed E-state index contributed by atoms with van der Waals surface area (Å²) in [6, 6.07) is 7.84. The molecule has 0 aliphatic carbocycles. The van der Waals surface area contributed by atoms with Crippen LogP contribution in [0.4, 0.5) is 10.1 Å². The highest BCUT2D eigenvalue weighted by atomic mass is 127. The normalized spacial score (nSPS) is 10.2. The Morgan fingerprint density at radius 1 is 1.33 bits per heavy atom. The zero-order chi connectivity index (χ0) is 13.1. The third-order valence-electron chi connectivity index (χ3n) is 2.16. The predicted octanol–water partition coefficient (Wildman–Crippen LogP) is 3.84. The molecule has 18 heavy (non-hydrogen) atoms. The fraction of sp³-hybridized carbons (Fsp3) is 0. The third-order valence-corrected chi connectivity index (χ3v) is 3.73. The van der Waals surface area contributed by atoms with Gasteiger partial charge in [-0.05, 0) is 62.8 Å². The number of carbonyl (C=O) groups is 1. The number of nitrogens with zero attached hydrogens (tertiary/aromatic N) is 1. The van der Waals surface area contributed by atoms with Crippen LogP contribution in [0.2, 0.25) is 0 Å². The van der Waals surface area contributed by atoms with Crippen LogP contribution in [0.25, 0.3) is 0 Å². The monoisotopic (exact) mass is 420 g/mol. The van der Waals surface area contributed by atoms with Crippen molar-refractivity contribution < 1.29 is 9.18 Å². The molecule has 6 heteroatoms. The molecular weight excluding hydrogens is 414 g/mol. The first-order valence-electron chi connectivity index (χ1n) is 4.95. The fourth-order valence-electron chi connectivity index (χ4n) is 1.30. The van der Waals surface area contributed by atoms with E-state index in [1.165, 1.54) is 12.3 Å². The summed E-state index contributed by atoms with van der Waals surface area (Å²) < 4.78 is 14.5. The summed E-state index contributed by atoms with van der Waals surface area (Å²) >= 11 is 5.08. The van der Waals surface area contributed by atoms with Gasteiger partial charge in [0, 0.05) is 10.7 Å². The van der Waals surface area contributed by atoms with E-state index in [9.17, 15) is 9.18 Å². The molecule has 0 radical (unpaired) electrons. The first kappa shape index (κ1) is 13.4. The highest BCUT2D eigenvalue weighted by Crippen LogP contribution is 2.21. The number of anilines is 1. The lowest BCUT2D eigenvalue weighted by atomic mass is 10.3. The largest absolute Gasteiger partial charge is 0.320 e. The molecule has 3 nitrogen and oxygen atoms in total. The summed E-state index contributed by atoms with van der Waals surface area (Å²) in [4.78, 5) is 15.8. The van der Waals surface area contributed by atoms with Crippen LogP contribution in [0.3, 0.4) is 0 Å². The van der Waals surface area contributed by atoms with Gasteiger partial charge in [-0.2, -0.15) is 0 Å². The lowest BCUT2D eigenvalue weighted by Gasteiger charge is -2.07. The Hall–Kier alpha value is -1.02. The van der Waals surface area contributed by atoms with Crippen molar-refractivity contribution in [1.82, 2.24) is 4.98 Å². The predicted molar refractivity (Wildman–Crippen MR) is 79.0 cm³/mol. The molecule has 0 fully saturated rings. The fourth-order valence-corrected chi connectivity index (χ4v) is 2.03. The van der Waals surface area contributed by atoms with Crippen LogP contribution in [-0.4, -0.2) is 10.9 Å². The van der Waals surface area contributed by atoms with E-state index >= 15 is 0 Å². The van der Waals surface area contributed by atoms with Gasteiger partial charge in [-0.1, -0.05) is 6.07 Å². The van der Waals surface area contributed by atoms with Crippen LogP contribution in [0, 0.1) is 9.39 Å². The highest BCUT2D eigenvalue weighted by Gasteiger charge is 2.11. The smallest absolute Gasteiger partial charge is 0.274 e. The van der Waals surface area contributed by atoms with Crippen LogP contribution >= 0.6 is 38.5 Å². The van der Waals surface area contributed by atoms with Crippen molar-refractivity contribution in [2.75, 3.05) is 5.32 Å². The Labute approximate surface area is 125 Å². The molecule has 1 heterocycles. The maximum absolute atomic E-state index is 13.3. The number of pyridine rings is 1. The molecule has 0 saturated carbocycles. The minimum absolute atomic E-state index is 0.276. The van der Waals surface area contributed by atoms with Crippen LogP contribution in [-0.2, 0) is 0 Å². The Morgan fingerprint density at radius 2 is 2.11 bits per heavy atom. The molecule has 92 valence electrons. The van der Waals surface area contributed by atoms with Crippen molar-refractivity contribution in [1.29, 1.82) is 0 Å². The number of nitrogens with one attached hydrogen (secondary N) is 1. The average molecular weight is 421 g/mol. The maximum Gasteiger partial charge on any atom is 0.274 e. The number of aromatic nitrogens is 1. The van der Waals surface area contributed by atoms with Crippen molar-refractivity contribution in [2.45, 2.75) is 0 Å². The van der Waals surface area contributed by atoms with Crippen molar-refractivity contribution in [3.05, 3.63) is 56.1 Å². The van der Waals surface area contributed by atoms with Gasteiger partial charge in [-0.3, -0.25) is 4.79 Å². The zero-order valence-electron chi connectivity index (χ0n) is 8.95. The number of halogens is 3. The minimum atomic E-state index is -0.369. The van der Waals surface area contributed by atoms with E-state index in [0.717, 1.165) is 4.47 Å². The summed E-state index contributed by atoms with van der Waals surface area (Å²) in [5.41, 5.74) is 0.712. The SMILES string of the molecule is O=C(Nc1cccc(F)c1I)c1ccc(Br)cn1. The van der Waals surface area contributed by atoms with Gasteiger partial charge >= 0.3 is 0 Å². The quantitative estimate of drug-likeness (QED) is 0.750. The lowest BCUT2D eigenvalue weighted by molar-refractivity contribution is 0.102. The molecule has 0 spiro atoms. The Morgan fingerprint density at radius 3 is 2.78 bits per heavy atom. The van der Waals surface area contributed by atoms with Crippen LogP contribution in [0.5, 0.6) is 0 Å². The summed E-state index contributed by atoms with van der Waals surface area (Å²) in [5, 5.41) is 2.62. The number of hydrogen-bond donors (Lipinski definition) is 1. The Bertz CT molecular complexity index is 589. The van der Waals surface area contributed by atoms with E-state index in [1.54, 1.807) is 24.3 Å². The summed E-state index contributed by atoms with van der Waals surface area (Å²) in [7, 11) is 0. The van der Waals surface area contributed by atoms with E-state index in [1.807, 2.05) is 22.6 Å². The molecule has 0 unspecified atom stereocenters. The van der Waals surface area contributed by atoms with Gasteiger partial charge in [-0.15, -0.1) is 0 Å². The van der Waals surface area contributed by atoms with Gasteiger partial charge in [0.05, 0.1) is 9.26 Å². The Kier molecular flexibility index (Phi) is 4.28. The van der Waals surface area contributed by atoms with Crippen molar-refractivity contribution in [2.24, 2.45) is 0 Å². The second-order valence-electron chi connectivity index (χ2n) is 3.42. The summed E-state index contributed by atoms with van der Waals surface area (Å²) in [5.74, 6) is -0.733. The van der Waals surface area contributed by atoms with E-state index in [-0.39, 0.29) is 17.4 Å². The van der Waals surface area contributed by atoms with Crippen molar-refractivity contribution in [3.8, 4) is 0 Å². The number of hydrogen-bond acceptors (Lipinski definition) is 2.